The molecule has 0 spiro atoms. The van der Waals surface area contributed by atoms with Crippen LogP contribution in [0.2, 0.25) is 5.02 Å². The molecule has 2 N–H and O–H groups in total. The minimum atomic E-state index is -1.10. The van der Waals surface area contributed by atoms with Gasteiger partial charge in [-0.05, 0) is 26.3 Å². The first-order chi connectivity index (χ1) is 14.1. The first-order valence-electron chi connectivity index (χ1n) is 9.77. The molecule has 10 heteroatoms. The van der Waals surface area contributed by atoms with Gasteiger partial charge in [0.25, 0.3) is 5.91 Å². The monoisotopic (exact) mass is 440 g/mol. The van der Waals surface area contributed by atoms with Crippen molar-refractivity contribution in [3.05, 3.63) is 23.0 Å². The van der Waals surface area contributed by atoms with Gasteiger partial charge in [-0.25, -0.2) is 9.18 Å². The molecule has 0 radical (unpaired) electrons. The molecule has 2 fully saturated rings. The van der Waals surface area contributed by atoms with Crippen LogP contribution in [0.15, 0.2) is 12.1 Å². The number of methoxy groups -OCH3 is 1. The number of halogens is 2. The van der Waals surface area contributed by atoms with Gasteiger partial charge in [0.1, 0.15) is 22.1 Å². The molecule has 1 aromatic rings. The van der Waals surface area contributed by atoms with Crippen LogP contribution in [0.3, 0.4) is 0 Å². The van der Waals surface area contributed by atoms with Gasteiger partial charge >= 0.3 is 6.03 Å². The summed E-state index contributed by atoms with van der Waals surface area (Å²) in [5.74, 6) is -1.27. The molecule has 8 nitrogen and oxygen atoms in total. The van der Waals surface area contributed by atoms with Gasteiger partial charge in [0, 0.05) is 43.3 Å². The molecular weight excluding hydrogens is 415 g/mol. The molecule has 3 rings (SSSR count). The fourth-order valence-corrected chi connectivity index (χ4v) is 4.33. The Kier molecular flexibility index (Phi) is 6.12. The zero-order chi connectivity index (χ0) is 22.2. The van der Waals surface area contributed by atoms with Crippen LogP contribution >= 0.6 is 11.6 Å². The van der Waals surface area contributed by atoms with E-state index in [1.165, 1.54) is 13.2 Å². The highest BCUT2D eigenvalue weighted by Crippen LogP contribution is 2.34. The van der Waals surface area contributed by atoms with Crippen LogP contribution in [0.25, 0.3) is 0 Å². The molecule has 2 saturated heterocycles. The Hall–Kier alpha value is -2.55. The van der Waals surface area contributed by atoms with Crippen molar-refractivity contribution in [3.8, 4) is 5.75 Å². The van der Waals surface area contributed by atoms with E-state index in [0.717, 1.165) is 0 Å². The Morgan fingerprint density at radius 3 is 2.67 bits per heavy atom. The molecule has 2 aliphatic heterocycles. The third-order valence-corrected chi connectivity index (χ3v) is 6.09. The van der Waals surface area contributed by atoms with E-state index in [2.05, 4.69) is 10.6 Å². The van der Waals surface area contributed by atoms with E-state index < -0.39 is 29.2 Å². The van der Waals surface area contributed by atoms with Crippen molar-refractivity contribution in [1.82, 2.24) is 15.5 Å². The number of ether oxygens (including phenoxy) is 1. The van der Waals surface area contributed by atoms with Gasteiger partial charge < -0.3 is 19.9 Å². The lowest BCUT2D eigenvalue weighted by Gasteiger charge is -2.42. The molecule has 30 heavy (non-hydrogen) atoms. The number of benzene rings is 1. The average Bonchev–Trinajstić information content (AvgIpc) is 2.94. The SMILES string of the molecule is COc1cc(N2CCN(C(=O)C(C)CC3(C)NC(=O)NC3=O)C[C@@H]2C)cc(F)c1Cl. The lowest BCUT2D eigenvalue weighted by atomic mass is 9.89. The number of imide groups is 1. The van der Waals surface area contributed by atoms with Gasteiger partial charge in [-0.15, -0.1) is 0 Å². The minimum Gasteiger partial charge on any atom is -0.495 e. The fourth-order valence-electron chi connectivity index (χ4n) is 4.14. The van der Waals surface area contributed by atoms with Gasteiger partial charge in [-0.1, -0.05) is 18.5 Å². The molecule has 2 heterocycles. The zero-order valence-electron chi connectivity index (χ0n) is 17.4. The molecule has 0 aliphatic carbocycles. The molecule has 0 aromatic heterocycles. The van der Waals surface area contributed by atoms with Crippen LogP contribution < -0.4 is 20.3 Å². The van der Waals surface area contributed by atoms with E-state index in [0.29, 0.717) is 25.3 Å². The summed E-state index contributed by atoms with van der Waals surface area (Å²) in [4.78, 5) is 40.2. The van der Waals surface area contributed by atoms with Crippen molar-refractivity contribution in [2.75, 3.05) is 31.6 Å². The van der Waals surface area contributed by atoms with E-state index in [1.54, 1.807) is 24.8 Å². The number of carbonyl (C=O) groups excluding carboxylic acids is 3. The van der Waals surface area contributed by atoms with E-state index >= 15 is 0 Å². The van der Waals surface area contributed by atoms with E-state index in [-0.39, 0.29) is 29.1 Å². The van der Waals surface area contributed by atoms with Crippen molar-refractivity contribution in [2.45, 2.75) is 38.8 Å². The first kappa shape index (κ1) is 22.1. The highest BCUT2D eigenvalue weighted by atomic mass is 35.5. The van der Waals surface area contributed by atoms with Crippen LogP contribution in [0.5, 0.6) is 5.75 Å². The smallest absolute Gasteiger partial charge is 0.322 e. The number of amides is 4. The van der Waals surface area contributed by atoms with E-state index in [1.807, 2.05) is 11.8 Å². The summed E-state index contributed by atoms with van der Waals surface area (Å²) in [6.45, 7) is 6.73. The van der Waals surface area contributed by atoms with Gasteiger partial charge in [-0.2, -0.15) is 0 Å². The summed E-state index contributed by atoms with van der Waals surface area (Å²) < 4.78 is 19.3. The Morgan fingerprint density at radius 2 is 2.10 bits per heavy atom. The predicted octanol–water partition coefficient (Wildman–Crippen LogP) is 2.15. The molecule has 3 atom stereocenters. The number of urea groups is 1. The number of nitrogens with one attached hydrogen (secondary N) is 2. The maximum absolute atomic E-state index is 14.1. The number of hydrogen-bond donors (Lipinski definition) is 2. The highest BCUT2D eigenvalue weighted by molar-refractivity contribution is 6.32. The standard InChI is InChI=1S/C20H26ClFN4O4/c1-11(9-20(3)18(28)23-19(29)24-20)17(27)25-5-6-26(12(2)10-25)13-7-14(22)16(21)15(8-13)30-4/h7-8,11-12H,5-6,9-10H2,1-4H3,(H2,23,24,28,29)/t11?,12-,20?/m0/s1. The third kappa shape index (κ3) is 4.16. The number of nitrogens with zero attached hydrogens (tertiary/aromatic N) is 2. The van der Waals surface area contributed by atoms with Crippen molar-refractivity contribution in [1.29, 1.82) is 0 Å². The van der Waals surface area contributed by atoms with Crippen LogP contribution in [0, 0.1) is 11.7 Å². The Balaban J connectivity index is 1.66. The lowest BCUT2D eigenvalue weighted by Crippen LogP contribution is -2.55. The van der Waals surface area contributed by atoms with Crippen molar-refractivity contribution in [2.24, 2.45) is 5.92 Å². The highest BCUT2D eigenvalue weighted by Gasteiger charge is 2.44. The molecule has 1 aromatic carbocycles. The molecule has 0 saturated carbocycles. The Bertz CT molecular complexity index is 883. The normalized spacial score (nSPS) is 25.1. The van der Waals surface area contributed by atoms with Gasteiger partial charge in [0.2, 0.25) is 5.91 Å². The number of carbonyl (C=O) groups is 3. The van der Waals surface area contributed by atoms with Gasteiger partial charge in [-0.3, -0.25) is 14.9 Å². The molecule has 164 valence electrons. The number of rotatable bonds is 5. The number of anilines is 1. The molecule has 4 amide bonds. The second kappa shape index (κ2) is 8.29. The summed E-state index contributed by atoms with van der Waals surface area (Å²) in [6.07, 6.45) is 0.206. The second-order valence-electron chi connectivity index (χ2n) is 8.12. The van der Waals surface area contributed by atoms with Crippen LogP contribution in [0.1, 0.15) is 27.2 Å². The topological polar surface area (TPSA) is 91.0 Å². The van der Waals surface area contributed by atoms with E-state index in [4.69, 9.17) is 16.3 Å². The first-order valence-corrected chi connectivity index (χ1v) is 10.2. The second-order valence-corrected chi connectivity index (χ2v) is 8.49. The number of hydrogen-bond acceptors (Lipinski definition) is 5. The van der Waals surface area contributed by atoms with Gasteiger partial charge in [0.05, 0.1) is 7.11 Å². The quantitative estimate of drug-likeness (QED) is 0.684. The van der Waals surface area contributed by atoms with Crippen LogP contribution in [-0.2, 0) is 9.59 Å². The summed E-state index contributed by atoms with van der Waals surface area (Å²) in [5, 5.41) is 4.74. The summed E-state index contributed by atoms with van der Waals surface area (Å²) in [5.41, 5.74) is -0.462. The molecule has 2 unspecified atom stereocenters. The largest absolute Gasteiger partial charge is 0.495 e. The summed E-state index contributed by atoms with van der Waals surface area (Å²) in [7, 11) is 1.43. The Labute approximate surface area is 179 Å². The lowest BCUT2D eigenvalue weighted by molar-refractivity contribution is -0.137. The van der Waals surface area contributed by atoms with Crippen molar-refractivity contribution >= 4 is 35.1 Å². The average molecular weight is 441 g/mol. The van der Waals surface area contributed by atoms with Gasteiger partial charge in [0.15, 0.2) is 0 Å². The van der Waals surface area contributed by atoms with Crippen molar-refractivity contribution < 1.29 is 23.5 Å². The summed E-state index contributed by atoms with van der Waals surface area (Å²) >= 11 is 5.91. The van der Waals surface area contributed by atoms with Crippen LogP contribution in [0.4, 0.5) is 14.9 Å². The molecule has 2 aliphatic rings. The fraction of sp³-hybridized carbons (Fsp3) is 0.550. The van der Waals surface area contributed by atoms with E-state index in [9.17, 15) is 18.8 Å². The van der Waals surface area contributed by atoms with Crippen molar-refractivity contribution in [3.63, 3.8) is 0 Å². The summed E-state index contributed by atoms with van der Waals surface area (Å²) in [6, 6.07) is 2.44. The number of piperazine rings is 1. The minimum absolute atomic E-state index is 0.0620. The maximum atomic E-state index is 14.1. The Morgan fingerprint density at radius 1 is 1.40 bits per heavy atom. The predicted molar refractivity (Wildman–Crippen MR) is 110 cm³/mol. The third-order valence-electron chi connectivity index (χ3n) is 5.72. The van der Waals surface area contributed by atoms with Crippen LogP contribution in [-0.4, -0.2) is 61.1 Å². The molecule has 0 bridgehead atoms. The molecular formula is C20H26ClFN4O4. The maximum Gasteiger partial charge on any atom is 0.322 e. The zero-order valence-corrected chi connectivity index (χ0v) is 18.2.